The molecule has 0 saturated heterocycles. The van der Waals surface area contributed by atoms with E-state index in [9.17, 15) is 27.7 Å². The van der Waals surface area contributed by atoms with Gasteiger partial charge >= 0.3 is 0 Å². The molecule has 30 heavy (non-hydrogen) atoms. The molecule has 3 aromatic rings. The van der Waals surface area contributed by atoms with Crippen molar-refractivity contribution in [3.8, 4) is 0 Å². The average Bonchev–Trinajstić information content (AvgIpc) is 3.17. The molecule has 0 atom stereocenters. The van der Waals surface area contributed by atoms with Gasteiger partial charge in [-0.25, -0.2) is 12.8 Å². The topological polar surface area (TPSA) is 97.6 Å². The molecule has 0 saturated carbocycles. The molecular formula is C21H15FN2O5S. The third-order valence-corrected chi connectivity index (χ3v) is 6.77. The molecule has 0 bridgehead atoms. The summed E-state index contributed by atoms with van der Waals surface area (Å²) in [7, 11) is -4.27. The molecule has 9 heteroatoms. The highest BCUT2D eigenvalue weighted by Gasteiger charge is 2.31. The molecule has 0 N–H and O–H groups in total. The molecule has 7 nitrogen and oxygen atoms in total. The summed E-state index contributed by atoms with van der Waals surface area (Å²) in [5, 5.41) is 11.6. The van der Waals surface area contributed by atoms with Gasteiger partial charge in [-0.15, -0.1) is 0 Å². The van der Waals surface area contributed by atoms with E-state index in [4.69, 9.17) is 0 Å². The Labute approximate surface area is 171 Å². The lowest BCUT2D eigenvalue weighted by Gasteiger charge is -2.17. The van der Waals surface area contributed by atoms with Crippen molar-refractivity contribution in [1.29, 1.82) is 0 Å². The second-order valence-corrected chi connectivity index (χ2v) is 8.65. The predicted molar refractivity (Wildman–Crippen MR) is 107 cm³/mol. The van der Waals surface area contributed by atoms with Crippen molar-refractivity contribution in [1.82, 2.24) is 0 Å². The summed E-state index contributed by atoms with van der Waals surface area (Å²) in [5.74, 6) is -1.08. The van der Waals surface area contributed by atoms with Gasteiger partial charge < -0.3 is 4.90 Å². The lowest BCUT2D eigenvalue weighted by Crippen LogP contribution is -2.29. The van der Waals surface area contributed by atoms with E-state index in [1.54, 1.807) is 12.1 Å². The van der Waals surface area contributed by atoms with E-state index in [1.807, 2.05) is 12.1 Å². The third-order valence-electron chi connectivity index (χ3n) is 4.95. The summed E-state index contributed by atoms with van der Waals surface area (Å²) < 4.78 is 38.8. The third kappa shape index (κ3) is 3.33. The predicted octanol–water partition coefficient (Wildman–Crippen LogP) is 3.77. The quantitative estimate of drug-likeness (QED) is 0.359. The number of nitro benzene ring substituents is 1. The first-order chi connectivity index (χ1) is 14.3. The lowest BCUT2D eigenvalue weighted by molar-refractivity contribution is -0.387. The number of benzene rings is 3. The Balaban J connectivity index is 1.75. The van der Waals surface area contributed by atoms with Crippen LogP contribution in [0.1, 0.15) is 15.9 Å². The number of amides is 1. The minimum Gasteiger partial charge on any atom is -0.308 e. The zero-order valence-corrected chi connectivity index (χ0v) is 16.3. The number of carbonyl (C=O) groups is 1. The van der Waals surface area contributed by atoms with Gasteiger partial charge in [0.2, 0.25) is 9.84 Å². The first-order valence-electron chi connectivity index (χ1n) is 8.98. The largest absolute Gasteiger partial charge is 0.308 e. The van der Waals surface area contributed by atoms with Crippen molar-refractivity contribution in [3.05, 3.63) is 93.8 Å². The molecule has 3 aromatic carbocycles. The standard InChI is InChI=1S/C21H15FN2O5S/c22-16-6-8-17(9-7-16)30(28,29)20-10-5-15(13-19(20)24(26)27)21(25)23-12-11-14-3-1-2-4-18(14)23/h1-10,13H,11-12H2. The molecule has 0 aliphatic carbocycles. The Bertz CT molecular complexity index is 1270. The number of halogens is 1. The van der Waals surface area contributed by atoms with Gasteiger partial charge in [0.1, 0.15) is 10.7 Å². The molecule has 1 aliphatic rings. The maximum atomic E-state index is 13.1. The van der Waals surface area contributed by atoms with Gasteiger partial charge in [-0.05, 0) is 54.4 Å². The SMILES string of the molecule is O=C(c1ccc(S(=O)(=O)c2ccc(F)cc2)c([N+](=O)[O-])c1)N1CCc2ccccc21. The molecule has 4 rings (SSSR count). The summed E-state index contributed by atoms with van der Waals surface area (Å²) in [5.41, 5.74) is 1.03. The highest BCUT2D eigenvalue weighted by atomic mass is 32.2. The minimum absolute atomic E-state index is 0.0106. The molecule has 152 valence electrons. The van der Waals surface area contributed by atoms with E-state index in [0.717, 1.165) is 47.6 Å². The lowest BCUT2D eigenvalue weighted by atomic mass is 10.1. The van der Waals surface area contributed by atoms with Crippen LogP contribution in [-0.4, -0.2) is 25.8 Å². The van der Waals surface area contributed by atoms with E-state index in [2.05, 4.69) is 0 Å². The van der Waals surface area contributed by atoms with Crippen LogP contribution in [0.3, 0.4) is 0 Å². The zero-order chi connectivity index (χ0) is 21.5. The molecule has 0 spiro atoms. The first kappa shape index (κ1) is 19.7. The molecule has 1 aliphatic heterocycles. The van der Waals surface area contributed by atoms with Crippen LogP contribution in [0.15, 0.2) is 76.5 Å². The number of sulfone groups is 1. The fourth-order valence-corrected chi connectivity index (χ4v) is 4.87. The van der Waals surface area contributed by atoms with Gasteiger partial charge in [0, 0.05) is 23.9 Å². The highest BCUT2D eigenvalue weighted by Crippen LogP contribution is 2.33. The molecule has 0 fully saturated rings. The summed E-state index contributed by atoms with van der Waals surface area (Å²) in [6, 6.07) is 14.6. The van der Waals surface area contributed by atoms with E-state index in [-0.39, 0.29) is 10.5 Å². The van der Waals surface area contributed by atoms with Crippen LogP contribution < -0.4 is 4.90 Å². The van der Waals surface area contributed by atoms with Crippen LogP contribution in [0.2, 0.25) is 0 Å². The monoisotopic (exact) mass is 426 g/mol. The van der Waals surface area contributed by atoms with Crippen LogP contribution in [0.25, 0.3) is 0 Å². The van der Waals surface area contributed by atoms with Crippen molar-refractivity contribution in [3.63, 3.8) is 0 Å². The molecule has 0 aromatic heterocycles. The number of hydrogen-bond donors (Lipinski definition) is 0. The van der Waals surface area contributed by atoms with Gasteiger partial charge in [-0.2, -0.15) is 0 Å². The molecule has 0 unspecified atom stereocenters. The highest BCUT2D eigenvalue weighted by molar-refractivity contribution is 7.91. The fourth-order valence-electron chi connectivity index (χ4n) is 3.47. The van der Waals surface area contributed by atoms with E-state index < -0.39 is 37.1 Å². The number of anilines is 1. The number of carbonyl (C=O) groups excluding carboxylic acids is 1. The average molecular weight is 426 g/mol. The Morgan fingerprint density at radius 3 is 2.43 bits per heavy atom. The smallest absolute Gasteiger partial charge is 0.289 e. The van der Waals surface area contributed by atoms with Gasteiger partial charge in [0.05, 0.1) is 9.82 Å². The van der Waals surface area contributed by atoms with Gasteiger partial charge in [0.25, 0.3) is 11.6 Å². The zero-order valence-electron chi connectivity index (χ0n) is 15.5. The molecule has 1 heterocycles. The second-order valence-electron chi connectivity index (χ2n) is 6.73. The number of hydrogen-bond acceptors (Lipinski definition) is 5. The summed E-state index contributed by atoms with van der Waals surface area (Å²) >= 11 is 0. The Hall–Kier alpha value is -3.59. The van der Waals surface area contributed by atoms with Crippen LogP contribution in [0.4, 0.5) is 15.8 Å². The second kappa shape index (κ2) is 7.34. The number of fused-ring (bicyclic) bond motifs is 1. The molecule has 0 radical (unpaired) electrons. The minimum atomic E-state index is -4.27. The Morgan fingerprint density at radius 1 is 1.03 bits per heavy atom. The first-order valence-corrected chi connectivity index (χ1v) is 10.5. The maximum absolute atomic E-state index is 13.1. The van der Waals surface area contributed by atoms with Crippen molar-refractivity contribution < 1.29 is 22.5 Å². The van der Waals surface area contributed by atoms with Crippen molar-refractivity contribution in [2.24, 2.45) is 0 Å². The summed E-state index contributed by atoms with van der Waals surface area (Å²) in [6.07, 6.45) is 0.668. The number of nitrogens with zero attached hydrogens (tertiary/aromatic N) is 2. The van der Waals surface area contributed by atoms with Crippen LogP contribution in [0, 0.1) is 15.9 Å². The van der Waals surface area contributed by atoms with Crippen LogP contribution >= 0.6 is 0 Å². The van der Waals surface area contributed by atoms with Crippen molar-refractivity contribution in [2.45, 2.75) is 16.2 Å². The summed E-state index contributed by atoms with van der Waals surface area (Å²) in [6.45, 7) is 0.432. The fraction of sp³-hybridized carbons (Fsp3) is 0.0952. The summed E-state index contributed by atoms with van der Waals surface area (Å²) in [4.78, 5) is 24.4. The number of para-hydroxylation sites is 1. The van der Waals surface area contributed by atoms with Crippen LogP contribution in [-0.2, 0) is 16.3 Å². The molecular weight excluding hydrogens is 411 g/mol. The van der Waals surface area contributed by atoms with Gasteiger partial charge in [-0.1, -0.05) is 18.2 Å². The van der Waals surface area contributed by atoms with E-state index in [0.29, 0.717) is 13.0 Å². The van der Waals surface area contributed by atoms with E-state index >= 15 is 0 Å². The number of nitro groups is 1. The van der Waals surface area contributed by atoms with Gasteiger partial charge in [-0.3, -0.25) is 14.9 Å². The molecule has 1 amide bonds. The Morgan fingerprint density at radius 2 is 1.73 bits per heavy atom. The Kier molecular flexibility index (Phi) is 4.83. The van der Waals surface area contributed by atoms with E-state index in [1.165, 1.54) is 11.0 Å². The van der Waals surface area contributed by atoms with Crippen molar-refractivity contribution in [2.75, 3.05) is 11.4 Å². The van der Waals surface area contributed by atoms with Crippen LogP contribution in [0.5, 0.6) is 0 Å². The normalized spacial score (nSPS) is 13.2. The number of rotatable bonds is 4. The maximum Gasteiger partial charge on any atom is 0.289 e. The van der Waals surface area contributed by atoms with Crippen molar-refractivity contribution >= 4 is 27.1 Å². The van der Waals surface area contributed by atoms with Gasteiger partial charge in [0.15, 0.2) is 0 Å².